The molecule has 8 heteroatoms. The van der Waals surface area contributed by atoms with E-state index >= 15 is 0 Å². The van der Waals surface area contributed by atoms with Gasteiger partial charge in [0.15, 0.2) is 6.10 Å². The summed E-state index contributed by atoms with van der Waals surface area (Å²) in [5.74, 6) is -1.04. The molecular weight excluding hydrogens is 392 g/mol. The number of sulfonamides is 1. The molecule has 0 bridgehead atoms. The lowest BCUT2D eigenvalue weighted by Crippen LogP contribution is -2.27. The number of hydrogen-bond acceptors (Lipinski definition) is 5. The fourth-order valence-corrected chi connectivity index (χ4v) is 4.95. The van der Waals surface area contributed by atoms with E-state index in [-0.39, 0.29) is 16.4 Å². The standard InChI is InChI=1S/C21H26N2O5S/c1-14-7-8-17(11-15(14)2)20(24)16(3)28-21(25)19-12-18(13-22(19)4)29(26,27)23-9-5-6-10-23/h7-8,11-13,16H,5-6,9-10H2,1-4H3. The topological polar surface area (TPSA) is 85.7 Å². The third kappa shape index (κ3) is 4.28. The molecule has 29 heavy (non-hydrogen) atoms. The highest BCUT2D eigenvalue weighted by Crippen LogP contribution is 2.23. The van der Waals surface area contributed by atoms with Crippen molar-refractivity contribution < 1.29 is 22.7 Å². The van der Waals surface area contributed by atoms with Gasteiger partial charge in [0.2, 0.25) is 15.8 Å². The number of hydrogen-bond donors (Lipinski definition) is 0. The van der Waals surface area contributed by atoms with Gasteiger partial charge in [-0.15, -0.1) is 0 Å². The number of ether oxygens (including phenoxy) is 1. The number of Topliss-reactive ketones (excluding diaryl/α,β-unsaturated/α-hetero) is 1. The Morgan fingerprint density at radius 1 is 1.07 bits per heavy atom. The van der Waals surface area contributed by atoms with Crippen molar-refractivity contribution in [2.24, 2.45) is 7.05 Å². The third-order valence-electron chi connectivity index (χ3n) is 5.34. The van der Waals surface area contributed by atoms with Gasteiger partial charge in [0.05, 0.1) is 0 Å². The van der Waals surface area contributed by atoms with Crippen molar-refractivity contribution in [1.29, 1.82) is 0 Å². The summed E-state index contributed by atoms with van der Waals surface area (Å²) in [6, 6.07) is 6.64. The molecule has 156 valence electrons. The van der Waals surface area contributed by atoms with Gasteiger partial charge in [-0.3, -0.25) is 4.79 Å². The maximum Gasteiger partial charge on any atom is 0.355 e. The number of nitrogens with zero attached hydrogens (tertiary/aromatic N) is 2. The normalized spacial score (nSPS) is 16.0. The smallest absolute Gasteiger partial charge is 0.355 e. The third-order valence-corrected chi connectivity index (χ3v) is 7.20. The van der Waals surface area contributed by atoms with E-state index in [0.29, 0.717) is 18.7 Å². The fourth-order valence-electron chi connectivity index (χ4n) is 3.36. The minimum absolute atomic E-state index is 0.0574. The molecule has 1 aromatic heterocycles. The van der Waals surface area contributed by atoms with Crippen LogP contribution in [0.4, 0.5) is 0 Å². The molecule has 0 aliphatic carbocycles. The van der Waals surface area contributed by atoms with Crippen molar-refractivity contribution in [3.63, 3.8) is 0 Å². The molecule has 2 heterocycles. The molecule has 0 amide bonds. The van der Waals surface area contributed by atoms with Crippen LogP contribution in [0.15, 0.2) is 35.4 Å². The summed E-state index contributed by atoms with van der Waals surface area (Å²) in [5.41, 5.74) is 2.61. The summed E-state index contributed by atoms with van der Waals surface area (Å²) in [7, 11) is -2.05. The molecule has 0 radical (unpaired) electrons. The predicted molar refractivity (Wildman–Crippen MR) is 109 cm³/mol. The van der Waals surface area contributed by atoms with Gasteiger partial charge in [0, 0.05) is 31.9 Å². The number of carbonyl (C=O) groups excluding carboxylic acids is 2. The first-order valence-electron chi connectivity index (χ1n) is 9.60. The monoisotopic (exact) mass is 418 g/mol. The average Bonchev–Trinajstić information content (AvgIpc) is 3.33. The molecule has 1 aromatic carbocycles. The molecule has 1 unspecified atom stereocenters. The van der Waals surface area contributed by atoms with Crippen LogP contribution >= 0.6 is 0 Å². The van der Waals surface area contributed by atoms with Crippen molar-refractivity contribution in [3.8, 4) is 0 Å². The second-order valence-electron chi connectivity index (χ2n) is 7.49. The highest BCUT2D eigenvalue weighted by molar-refractivity contribution is 7.89. The van der Waals surface area contributed by atoms with Gasteiger partial charge < -0.3 is 9.30 Å². The fraction of sp³-hybridized carbons (Fsp3) is 0.429. The zero-order chi connectivity index (χ0) is 21.3. The van der Waals surface area contributed by atoms with Gasteiger partial charge in [-0.05, 0) is 56.9 Å². The number of rotatable bonds is 6. The molecule has 0 N–H and O–H groups in total. The maximum absolute atomic E-state index is 12.7. The summed E-state index contributed by atoms with van der Waals surface area (Å²) < 4.78 is 33.6. The molecule has 1 saturated heterocycles. The number of aryl methyl sites for hydroxylation is 3. The molecule has 3 rings (SSSR count). The average molecular weight is 419 g/mol. The second kappa shape index (κ2) is 8.12. The van der Waals surface area contributed by atoms with Gasteiger partial charge in [0.1, 0.15) is 10.6 Å². The Kier molecular flexibility index (Phi) is 5.95. The van der Waals surface area contributed by atoms with Gasteiger partial charge in [-0.1, -0.05) is 12.1 Å². The van der Waals surface area contributed by atoms with Crippen molar-refractivity contribution in [2.75, 3.05) is 13.1 Å². The van der Waals surface area contributed by atoms with E-state index in [0.717, 1.165) is 24.0 Å². The summed E-state index contributed by atoms with van der Waals surface area (Å²) in [6.07, 6.45) is 2.08. The van der Waals surface area contributed by atoms with Gasteiger partial charge >= 0.3 is 5.97 Å². The van der Waals surface area contributed by atoms with Crippen molar-refractivity contribution in [2.45, 2.75) is 44.6 Å². The predicted octanol–water partition coefficient (Wildman–Crippen LogP) is 2.85. The van der Waals surface area contributed by atoms with Gasteiger partial charge in [-0.25, -0.2) is 13.2 Å². The van der Waals surface area contributed by atoms with Crippen LogP contribution in [0.3, 0.4) is 0 Å². The van der Waals surface area contributed by atoms with E-state index in [4.69, 9.17) is 4.74 Å². The Morgan fingerprint density at radius 3 is 2.34 bits per heavy atom. The molecule has 1 aliphatic heterocycles. The first-order valence-corrected chi connectivity index (χ1v) is 11.0. The number of esters is 1. The molecular formula is C21H26N2O5S. The maximum atomic E-state index is 12.7. The van der Waals surface area contributed by atoms with Crippen LogP contribution in [-0.2, 0) is 21.8 Å². The lowest BCUT2D eigenvalue weighted by Gasteiger charge is -2.14. The number of benzene rings is 1. The minimum Gasteiger partial charge on any atom is -0.450 e. The van der Waals surface area contributed by atoms with Crippen molar-refractivity contribution in [1.82, 2.24) is 8.87 Å². The second-order valence-corrected chi connectivity index (χ2v) is 9.43. The van der Waals surface area contributed by atoms with Crippen molar-refractivity contribution >= 4 is 21.8 Å². The van der Waals surface area contributed by atoms with Crippen LogP contribution in [0.1, 0.15) is 51.7 Å². The SMILES string of the molecule is Cc1ccc(C(=O)C(C)OC(=O)c2cc(S(=O)(=O)N3CCCC3)cn2C)cc1C. The molecule has 0 spiro atoms. The zero-order valence-corrected chi connectivity index (χ0v) is 18.0. The van der Waals surface area contributed by atoms with Crippen molar-refractivity contribution in [3.05, 3.63) is 52.8 Å². The Labute approximate surface area is 171 Å². The van der Waals surface area contributed by atoms with Crippen LogP contribution in [0.5, 0.6) is 0 Å². The Bertz CT molecular complexity index is 1050. The lowest BCUT2D eigenvalue weighted by atomic mass is 10.0. The van der Waals surface area contributed by atoms with E-state index in [1.165, 1.54) is 28.1 Å². The Balaban J connectivity index is 1.76. The van der Waals surface area contributed by atoms with Crippen LogP contribution < -0.4 is 0 Å². The molecule has 1 aliphatic rings. The molecule has 0 saturated carbocycles. The summed E-state index contributed by atoms with van der Waals surface area (Å²) >= 11 is 0. The molecule has 2 aromatic rings. The lowest BCUT2D eigenvalue weighted by molar-refractivity contribution is 0.0309. The number of carbonyl (C=O) groups is 2. The highest BCUT2D eigenvalue weighted by Gasteiger charge is 2.30. The first-order chi connectivity index (χ1) is 13.6. The summed E-state index contributed by atoms with van der Waals surface area (Å²) in [5, 5.41) is 0. The van der Waals surface area contributed by atoms with E-state index in [2.05, 4.69) is 0 Å². The highest BCUT2D eigenvalue weighted by atomic mass is 32.2. The number of ketones is 1. The molecule has 1 fully saturated rings. The summed E-state index contributed by atoms with van der Waals surface area (Å²) in [6.45, 7) is 6.35. The van der Waals surface area contributed by atoms with Gasteiger partial charge in [0.25, 0.3) is 0 Å². The van der Waals surface area contributed by atoms with E-state index in [9.17, 15) is 18.0 Å². The molecule has 1 atom stereocenters. The van der Waals surface area contributed by atoms with Gasteiger partial charge in [-0.2, -0.15) is 4.31 Å². The van der Waals surface area contributed by atoms with E-state index in [1.54, 1.807) is 19.2 Å². The van der Waals surface area contributed by atoms with E-state index in [1.807, 2.05) is 19.9 Å². The van der Waals surface area contributed by atoms with Crippen LogP contribution in [0, 0.1) is 13.8 Å². The van der Waals surface area contributed by atoms with E-state index < -0.39 is 22.1 Å². The minimum atomic E-state index is -3.63. The summed E-state index contributed by atoms with van der Waals surface area (Å²) in [4.78, 5) is 25.3. The molecule has 7 nitrogen and oxygen atoms in total. The quantitative estimate of drug-likeness (QED) is 0.532. The zero-order valence-electron chi connectivity index (χ0n) is 17.1. The van der Waals surface area contributed by atoms with Crippen LogP contribution in [-0.4, -0.2) is 48.2 Å². The number of aromatic nitrogens is 1. The van der Waals surface area contributed by atoms with Crippen LogP contribution in [0.25, 0.3) is 0 Å². The Morgan fingerprint density at radius 2 is 1.72 bits per heavy atom. The largest absolute Gasteiger partial charge is 0.450 e. The Hall–Kier alpha value is -2.45. The first kappa shape index (κ1) is 21.3. The van der Waals surface area contributed by atoms with Crippen LogP contribution in [0.2, 0.25) is 0 Å².